The number of carboxylic acids is 2. The molecule has 2 aromatic heterocycles. The van der Waals surface area contributed by atoms with Crippen molar-refractivity contribution in [3.05, 3.63) is 94.8 Å². The summed E-state index contributed by atoms with van der Waals surface area (Å²) in [6.07, 6.45) is 6.97. The van der Waals surface area contributed by atoms with Crippen molar-refractivity contribution in [3.8, 4) is 22.5 Å². The van der Waals surface area contributed by atoms with Gasteiger partial charge in [0, 0.05) is 55.2 Å². The molecule has 0 unspecified atom stereocenters. The van der Waals surface area contributed by atoms with Crippen molar-refractivity contribution in [1.29, 1.82) is 0 Å². The Bertz CT molecular complexity index is 2550. The maximum absolute atomic E-state index is 13.5. The first kappa shape index (κ1) is 64.6. The van der Waals surface area contributed by atoms with Gasteiger partial charge in [-0.05, 0) is 73.2 Å². The average molecular weight is 1090 g/mol. The van der Waals surface area contributed by atoms with Crippen LogP contribution in [-0.2, 0) is 29.6 Å². The van der Waals surface area contributed by atoms with Crippen molar-refractivity contribution in [2.45, 2.75) is 121 Å². The van der Waals surface area contributed by atoms with Gasteiger partial charge in [-0.3, -0.25) is 9.59 Å². The number of hydrogen-bond acceptors (Lipinski definition) is 15. The zero-order valence-electron chi connectivity index (χ0n) is 41.6. The Balaban J connectivity index is 0.000000441. The molecule has 1 fully saturated rings. The molecule has 1 aliphatic rings. The first-order valence-electron chi connectivity index (χ1n) is 23.0. The molecule has 0 amide bonds. The van der Waals surface area contributed by atoms with E-state index >= 15 is 0 Å². The fourth-order valence-corrected chi connectivity index (χ4v) is 7.80. The van der Waals surface area contributed by atoms with E-state index in [9.17, 15) is 55.6 Å². The Morgan fingerprint density at radius 2 is 0.959 bits per heavy atom. The van der Waals surface area contributed by atoms with E-state index in [0.717, 1.165) is 21.1 Å². The van der Waals surface area contributed by atoms with Crippen molar-refractivity contribution >= 4 is 93.8 Å². The predicted octanol–water partition coefficient (Wildman–Crippen LogP) is 4.77. The molecule has 0 aliphatic heterocycles. The molecule has 0 spiro atoms. The number of aliphatic carboxylic acids is 2. The maximum atomic E-state index is 13.5. The van der Waals surface area contributed by atoms with Crippen molar-refractivity contribution in [3.63, 3.8) is 0 Å². The molecule has 2 aromatic carbocycles. The van der Waals surface area contributed by atoms with Crippen LogP contribution in [-0.4, -0.2) is 174 Å². The molecule has 400 valence electrons. The summed E-state index contributed by atoms with van der Waals surface area (Å²) < 4.78 is 77.2. The molecule has 1 aliphatic carbocycles. The van der Waals surface area contributed by atoms with E-state index in [2.05, 4.69) is 19.9 Å². The summed E-state index contributed by atoms with van der Waals surface area (Å²) in [4.78, 5) is 39.1. The van der Waals surface area contributed by atoms with Gasteiger partial charge in [0.1, 0.15) is 11.6 Å². The number of aliphatic hydroxyl groups is 4. The fourth-order valence-electron chi connectivity index (χ4n) is 7.05. The van der Waals surface area contributed by atoms with Gasteiger partial charge in [0.05, 0.1) is 72.5 Å². The SMILES string of the molecule is CC(C)c1nc(N(C)S(C)(=O)=O)nc(-c2ccc(F)cc2)c1C=C[C@@H](O)C[C@@H](O)CC(=O)O.CC(C)c1nc(N(C)S(C)(=O)=O)nc(-c2ccc(F)cc2)c1C=C[C@@H](O)C[C@@H](O)CC(=O)O.NC1CCCC1.[CaH2]. The molecule has 1 saturated carbocycles. The van der Waals surface area contributed by atoms with Gasteiger partial charge in [0.25, 0.3) is 0 Å². The Morgan fingerprint density at radius 1 is 0.644 bits per heavy atom. The second-order valence-electron chi connectivity index (χ2n) is 18.0. The number of aliphatic hydroxyl groups excluding tert-OH is 4. The predicted molar refractivity (Wildman–Crippen MR) is 280 cm³/mol. The molecule has 24 heteroatoms. The van der Waals surface area contributed by atoms with Crippen molar-refractivity contribution in [2.75, 3.05) is 35.2 Å². The van der Waals surface area contributed by atoms with E-state index in [0.29, 0.717) is 51.1 Å². The monoisotopic (exact) mass is 1090 g/mol. The van der Waals surface area contributed by atoms with E-state index in [1.54, 1.807) is 0 Å². The summed E-state index contributed by atoms with van der Waals surface area (Å²) in [5.74, 6) is -3.74. The molecular formula is C49H69CaF2N7O12S2. The van der Waals surface area contributed by atoms with E-state index in [-0.39, 0.29) is 74.3 Å². The van der Waals surface area contributed by atoms with Gasteiger partial charge in [0.15, 0.2) is 0 Å². The van der Waals surface area contributed by atoms with E-state index in [4.69, 9.17) is 15.9 Å². The second-order valence-corrected chi connectivity index (χ2v) is 22.0. The molecule has 2 heterocycles. The van der Waals surface area contributed by atoms with Gasteiger partial charge in [-0.2, -0.15) is 0 Å². The average Bonchev–Trinajstić information content (AvgIpc) is 3.76. The molecule has 4 atom stereocenters. The molecule has 0 saturated heterocycles. The quantitative estimate of drug-likeness (QED) is 0.0586. The molecule has 19 nitrogen and oxygen atoms in total. The number of nitrogens with zero attached hydrogens (tertiary/aromatic N) is 6. The summed E-state index contributed by atoms with van der Waals surface area (Å²) in [6.45, 7) is 7.41. The van der Waals surface area contributed by atoms with Gasteiger partial charge >= 0.3 is 49.7 Å². The van der Waals surface area contributed by atoms with Crippen molar-refractivity contribution < 1.29 is 65.8 Å². The van der Waals surface area contributed by atoms with Gasteiger partial charge in [-0.15, -0.1) is 0 Å². The standard InChI is InChI=1S/2C22H28FN3O6S.C5H11N.Ca.2H/c2*1-13(2)20-18(10-9-16(27)11-17(28)12-19(29)30)21(14-5-7-15(23)8-6-14)25-22(24-20)26(3)33(4,31)32;6-5-3-1-2-4-5;;;/h2*5-10,13,16-17,27-28H,11-12H2,1-4H3,(H,29,30);5H,1-4,6H2;;;/t2*16-,17-;;;;/m11..../s1. The zero-order chi connectivity index (χ0) is 54.2. The summed E-state index contributed by atoms with van der Waals surface area (Å²) >= 11 is 0. The first-order chi connectivity index (χ1) is 33.5. The topological polar surface area (TPSA) is 308 Å². The summed E-state index contributed by atoms with van der Waals surface area (Å²) in [7, 11) is -4.65. The third kappa shape index (κ3) is 21.3. The second kappa shape index (κ2) is 29.5. The summed E-state index contributed by atoms with van der Waals surface area (Å²) in [5, 5.41) is 57.6. The summed E-state index contributed by atoms with van der Waals surface area (Å²) in [5.41, 5.74) is 9.14. The number of carbonyl (C=O) groups is 2. The molecule has 8 N–H and O–H groups in total. The minimum atomic E-state index is -3.65. The molecule has 4 aromatic rings. The van der Waals surface area contributed by atoms with Gasteiger partial charge in [-0.25, -0.2) is 54.2 Å². The van der Waals surface area contributed by atoms with Crippen LogP contribution < -0.4 is 14.3 Å². The van der Waals surface area contributed by atoms with Crippen LogP contribution in [0.1, 0.15) is 113 Å². The van der Waals surface area contributed by atoms with E-state index in [1.807, 2.05) is 27.7 Å². The van der Waals surface area contributed by atoms with Crippen LogP contribution in [0.2, 0.25) is 0 Å². The number of rotatable bonds is 20. The Labute approximate surface area is 456 Å². The molecule has 73 heavy (non-hydrogen) atoms. The molecule has 5 rings (SSSR count). The number of hydrogen-bond donors (Lipinski definition) is 7. The fraction of sp³-hybridized carbons (Fsp3) is 0.469. The first-order valence-corrected chi connectivity index (χ1v) is 26.7. The van der Waals surface area contributed by atoms with Crippen LogP contribution in [0.3, 0.4) is 0 Å². The zero-order valence-corrected chi connectivity index (χ0v) is 43.2. The summed E-state index contributed by atoms with van der Waals surface area (Å²) in [6, 6.07) is 11.5. The van der Waals surface area contributed by atoms with Crippen LogP contribution in [0.4, 0.5) is 20.7 Å². The third-order valence-corrected chi connectivity index (χ3v) is 13.3. The normalized spacial score (nSPS) is 14.7. The van der Waals surface area contributed by atoms with Gasteiger partial charge in [0.2, 0.25) is 31.9 Å². The van der Waals surface area contributed by atoms with Crippen LogP contribution in [0.25, 0.3) is 34.7 Å². The number of aromatic nitrogens is 4. The Morgan fingerprint density at radius 3 is 1.21 bits per heavy atom. The van der Waals surface area contributed by atoms with Crippen LogP contribution in [0.5, 0.6) is 0 Å². The number of carboxylic acid groups (broad SMARTS) is 2. The molecular weight excluding hydrogens is 1020 g/mol. The van der Waals surface area contributed by atoms with Gasteiger partial charge in [-0.1, -0.05) is 64.8 Å². The van der Waals surface area contributed by atoms with Crippen LogP contribution in [0.15, 0.2) is 60.7 Å². The van der Waals surface area contributed by atoms with Crippen LogP contribution >= 0.6 is 0 Å². The number of nitrogens with two attached hydrogens (primary N) is 1. The number of anilines is 2. The van der Waals surface area contributed by atoms with Crippen LogP contribution in [0, 0.1) is 11.6 Å². The number of sulfonamides is 2. The number of halogens is 2. The van der Waals surface area contributed by atoms with E-state index in [1.165, 1.54) is 113 Å². The third-order valence-electron chi connectivity index (χ3n) is 11.0. The van der Waals surface area contributed by atoms with Crippen molar-refractivity contribution in [2.24, 2.45) is 5.73 Å². The van der Waals surface area contributed by atoms with Gasteiger partial charge < -0.3 is 36.4 Å². The van der Waals surface area contributed by atoms with Crippen molar-refractivity contribution in [1.82, 2.24) is 19.9 Å². The molecule has 0 bridgehead atoms. The Kier molecular flexibility index (Phi) is 26.1. The minimum absolute atomic E-state index is 0. The number of benzene rings is 2. The molecule has 0 radical (unpaired) electrons. The Hall–Kier alpha value is -4.56. The van der Waals surface area contributed by atoms with E-state index < -0.39 is 80.9 Å².